The summed E-state index contributed by atoms with van der Waals surface area (Å²) >= 11 is 1.11. The molecule has 2 aromatic rings. The van der Waals surface area contributed by atoms with Gasteiger partial charge in [0.25, 0.3) is 0 Å². The molecule has 0 unspecified atom stereocenters. The van der Waals surface area contributed by atoms with E-state index in [9.17, 15) is 14.7 Å². The van der Waals surface area contributed by atoms with Crippen molar-refractivity contribution in [2.24, 2.45) is 0 Å². The van der Waals surface area contributed by atoms with E-state index in [1.807, 2.05) is 23.1 Å². The molecule has 0 spiro atoms. The number of pyridine rings is 1. The van der Waals surface area contributed by atoms with Gasteiger partial charge in [0.05, 0.1) is 24.5 Å². The first-order valence-corrected chi connectivity index (χ1v) is 10.0. The van der Waals surface area contributed by atoms with E-state index in [0.29, 0.717) is 47.3 Å². The Morgan fingerprint density at radius 1 is 1.36 bits per heavy atom. The molecule has 1 fully saturated rings. The molecule has 0 radical (unpaired) electrons. The van der Waals surface area contributed by atoms with Crippen LogP contribution in [0.15, 0.2) is 24.4 Å². The number of thiazole rings is 1. The van der Waals surface area contributed by atoms with E-state index >= 15 is 0 Å². The second kappa shape index (κ2) is 8.76. The summed E-state index contributed by atoms with van der Waals surface area (Å²) in [5, 5.41) is 13.9. The van der Waals surface area contributed by atoms with Crippen LogP contribution in [0.4, 0.5) is 5.13 Å². The van der Waals surface area contributed by atoms with Crippen LogP contribution < -0.4 is 5.32 Å². The van der Waals surface area contributed by atoms with Gasteiger partial charge in [-0.15, -0.1) is 0 Å². The van der Waals surface area contributed by atoms with Crippen LogP contribution in [0.3, 0.4) is 0 Å². The van der Waals surface area contributed by atoms with Crippen LogP contribution in [-0.4, -0.2) is 58.1 Å². The fraction of sp³-hybridized carbons (Fsp3) is 0.474. The van der Waals surface area contributed by atoms with Gasteiger partial charge in [0.1, 0.15) is 10.5 Å². The minimum Gasteiger partial charge on any atom is -0.462 e. The van der Waals surface area contributed by atoms with Crippen LogP contribution >= 0.6 is 11.3 Å². The molecule has 3 rings (SSSR count). The number of piperidine rings is 1. The summed E-state index contributed by atoms with van der Waals surface area (Å²) in [6.07, 6.45) is 2.70. The van der Waals surface area contributed by atoms with Gasteiger partial charge in [-0.3, -0.25) is 14.7 Å². The average Bonchev–Trinajstić information content (AvgIpc) is 3.05. The van der Waals surface area contributed by atoms with E-state index in [-0.39, 0.29) is 19.1 Å². The topological polar surface area (TPSA) is 105 Å². The van der Waals surface area contributed by atoms with Crippen molar-refractivity contribution in [2.45, 2.75) is 32.3 Å². The second-order valence-electron chi connectivity index (χ2n) is 6.72. The van der Waals surface area contributed by atoms with Crippen LogP contribution in [0.25, 0.3) is 0 Å². The highest BCUT2D eigenvalue weighted by molar-refractivity contribution is 7.17. The van der Waals surface area contributed by atoms with Crippen LogP contribution in [0.5, 0.6) is 0 Å². The molecule has 0 saturated carbocycles. The first kappa shape index (κ1) is 20.4. The smallest absolute Gasteiger partial charge is 0.350 e. The second-order valence-corrected chi connectivity index (χ2v) is 7.72. The number of nitrogens with one attached hydrogen (secondary N) is 1. The Bertz CT molecular complexity index is 832. The maximum absolute atomic E-state index is 12.4. The van der Waals surface area contributed by atoms with Crippen LogP contribution in [0, 0.1) is 6.92 Å². The van der Waals surface area contributed by atoms with Gasteiger partial charge < -0.3 is 15.2 Å². The Morgan fingerprint density at radius 2 is 2.11 bits per heavy atom. The predicted octanol–water partition coefficient (Wildman–Crippen LogP) is 1.95. The normalized spacial score (nSPS) is 16.5. The Balaban J connectivity index is 1.53. The number of ether oxygens (including phenoxy) is 1. The number of aliphatic hydroxyl groups is 1. The third kappa shape index (κ3) is 4.73. The van der Waals surface area contributed by atoms with Crippen LogP contribution in [0.2, 0.25) is 0 Å². The number of anilines is 1. The lowest BCUT2D eigenvalue weighted by Gasteiger charge is -2.37. The molecule has 9 heteroatoms. The molecule has 0 aromatic carbocycles. The molecule has 28 heavy (non-hydrogen) atoms. The molecule has 2 aromatic heterocycles. The number of hydrogen-bond donors (Lipinski definition) is 2. The Hall–Kier alpha value is -2.36. The summed E-state index contributed by atoms with van der Waals surface area (Å²) in [5.41, 5.74) is 0.260. The Kier molecular flexibility index (Phi) is 6.38. The zero-order chi connectivity index (χ0) is 20.1. The minimum atomic E-state index is -0.949. The van der Waals surface area contributed by atoms with E-state index < -0.39 is 11.6 Å². The van der Waals surface area contributed by atoms with Gasteiger partial charge in [0.2, 0.25) is 5.91 Å². The maximum atomic E-state index is 12.4. The number of amides is 1. The number of aromatic nitrogens is 2. The summed E-state index contributed by atoms with van der Waals surface area (Å²) in [6.45, 7) is 5.12. The van der Waals surface area contributed by atoms with Crippen molar-refractivity contribution in [1.29, 1.82) is 0 Å². The molecule has 0 atom stereocenters. The fourth-order valence-electron chi connectivity index (χ4n) is 3.17. The summed E-state index contributed by atoms with van der Waals surface area (Å²) in [6, 6.07) is 5.51. The molecule has 3 heterocycles. The number of carbonyl (C=O) groups excluding carboxylic acids is 2. The van der Waals surface area contributed by atoms with Gasteiger partial charge in [0, 0.05) is 19.3 Å². The van der Waals surface area contributed by atoms with Crippen molar-refractivity contribution >= 4 is 28.3 Å². The number of hydrogen-bond acceptors (Lipinski definition) is 8. The quantitative estimate of drug-likeness (QED) is 0.709. The van der Waals surface area contributed by atoms with Crippen LogP contribution in [-0.2, 0) is 15.1 Å². The lowest BCUT2D eigenvalue weighted by Crippen LogP contribution is -2.45. The Morgan fingerprint density at radius 3 is 2.75 bits per heavy atom. The third-order valence-electron chi connectivity index (χ3n) is 4.70. The maximum Gasteiger partial charge on any atom is 0.350 e. The molecular formula is C19H24N4O4S. The number of nitrogens with zero attached hydrogens (tertiary/aromatic N) is 3. The molecule has 1 aliphatic rings. The van der Waals surface area contributed by atoms with Gasteiger partial charge in [-0.05, 0) is 38.8 Å². The van der Waals surface area contributed by atoms with Gasteiger partial charge in [-0.2, -0.15) is 0 Å². The number of carbonyl (C=O) groups is 2. The predicted molar refractivity (Wildman–Crippen MR) is 105 cm³/mol. The van der Waals surface area contributed by atoms with E-state index in [0.717, 1.165) is 11.3 Å². The number of likely N-dealkylation sites (tertiary alicyclic amines) is 1. The molecule has 1 amide bonds. The van der Waals surface area contributed by atoms with E-state index in [4.69, 9.17) is 4.74 Å². The highest BCUT2D eigenvalue weighted by Gasteiger charge is 2.35. The number of aryl methyl sites for hydroxylation is 1. The zero-order valence-corrected chi connectivity index (χ0v) is 16.8. The molecule has 0 aliphatic carbocycles. The van der Waals surface area contributed by atoms with Gasteiger partial charge in [-0.25, -0.2) is 9.78 Å². The fourth-order valence-corrected chi connectivity index (χ4v) is 4.05. The summed E-state index contributed by atoms with van der Waals surface area (Å²) < 4.78 is 4.99. The standard InChI is InChI=1S/C19H24N4O4S/c1-3-27-17(25)16-13(2)21-18(28-16)22-15(24)12-23-10-7-19(26,8-11-23)14-6-4-5-9-20-14/h4-6,9,26H,3,7-8,10-12H2,1-2H3,(H,21,22,24). The highest BCUT2D eigenvalue weighted by atomic mass is 32.1. The van der Waals surface area contributed by atoms with Crippen molar-refractivity contribution in [1.82, 2.24) is 14.9 Å². The Labute approximate surface area is 167 Å². The number of rotatable bonds is 6. The molecule has 0 bridgehead atoms. The van der Waals surface area contributed by atoms with E-state index in [1.54, 1.807) is 20.0 Å². The van der Waals surface area contributed by atoms with Gasteiger partial charge in [-0.1, -0.05) is 17.4 Å². The molecule has 1 saturated heterocycles. The first-order valence-electron chi connectivity index (χ1n) is 9.22. The molecular weight excluding hydrogens is 380 g/mol. The van der Waals surface area contributed by atoms with Gasteiger partial charge >= 0.3 is 5.97 Å². The average molecular weight is 404 g/mol. The van der Waals surface area contributed by atoms with Crippen molar-refractivity contribution in [3.05, 3.63) is 40.7 Å². The first-order chi connectivity index (χ1) is 13.4. The minimum absolute atomic E-state index is 0.200. The summed E-state index contributed by atoms with van der Waals surface area (Å²) in [4.78, 5) is 35.1. The largest absolute Gasteiger partial charge is 0.462 e. The van der Waals surface area contributed by atoms with E-state index in [2.05, 4.69) is 15.3 Å². The molecule has 150 valence electrons. The molecule has 1 aliphatic heterocycles. The lowest BCUT2D eigenvalue weighted by molar-refractivity contribution is -0.118. The van der Waals surface area contributed by atoms with Gasteiger partial charge in [0.15, 0.2) is 5.13 Å². The lowest BCUT2D eigenvalue weighted by atomic mass is 9.88. The van der Waals surface area contributed by atoms with Crippen molar-refractivity contribution < 1.29 is 19.4 Å². The molecule has 8 nitrogen and oxygen atoms in total. The number of esters is 1. The van der Waals surface area contributed by atoms with Crippen molar-refractivity contribution in [3.8, 4) is 0 Å². The van der Waals surface area contributed by atoms with Crippen molar-refractivity contribution in [2.75, 3.05) is 31.6 Å². The SMILES string of the molecule is CCOC(=O)c1sc(NC(=O)CN2CCC(O)(c3ccccn3)CC2)nc1C. The van der Waals surface area contributed by atoms with Crippen LogP contribution in [0.1, 0.15) is 40.8 Å². The monoisotopic (exact) mass is 404 g/mol. The zero-order valence-electron chi connectivity index (χ0n) is 16.0. The summed E-state index contributed by atoms with van der Waals surface area (Å²) in [7, 11) is 0. The molecule has 2 N–H and O–H groups in total. The summed E-state index contributed by atoms with van der Waals surface area (Å²) in [5.74, 6) is -0.629. The van der Waals surface area contributed by atoms with Crippen molar-refractivity contribution in [3.63, 3.8) is 0 Å². The third-order valence-corrected chi connectivity index (χ3v) is 5.75. The highest BCUT2D eigenvalue weighted by Crippen LogP contribution is 2.31. The van der Waals surface area contributed by atoms with E-state index in [1.165, 1.54) is 0 Å².